The zero-order chi connectivity index (χ0) is 13.1. The molecule has 2 heterocycles. The van der Waals surface area contributed by atoms with E-state index in [4.69, 9.17) is 10.5 Å². The van der Waals surface area contributed by atoms with Crippen LogP contribution < -0.4 is 10.6 Å². The molecule has 1 aliphatic rings. The SMILES string of the molecule is COC1CCN(c2nccc(C)c2Br)C(CN)C1. The molecule has 2 N–H and O–H groups in total. The number of rotatable bonds is 3. The lowest BCUT2D eigenvalue weighted by molar-refractivity contribution is 0.0707. The Bertz CT molecular complexity index is 413. The average molecular weight is 314 g/mol. The van der Waals surface area contributed by atoms with Crippen LogP contribution in [0.5, 0.6) is 0 Å². The van der Waals surface area contributed by atoms with E-state index in [9.17, 15) is 0 Å². The molecule has 1 fully saturated rings. The number of pyridine rings is 1. The topological polar surface area (TPSA) is 51.4 Å². The van der Waals surface area contributed by atoms with Crippen molar-refractivity contribution in [1.82, 2.24) is 4.98 Å². The first-order valence-electron chi connectivity index (χ1n) is 6.28. The third-order valence-electron chi connectivity index (χ3n) is 3.61. The minimum atomic E-state index is 0.300. The highest BCUT2D eigenvalue weighted by Gasteiger charge is 2.29. The molecule has 5 heteroatoms. The van der Waals surface area contributed by atoms with E-state index in [1.165, 1.54) is 5.56 Å². The van der Waals surface area contributed by atoms with E-state index in [1.807, 2.05) is 12.3 Å². The predicted octanol–water partition coefficient (Wildman–Crippen LogP) is 2.10. The van der Waals surface area contributed by atoms with Crippen molar-refractivity contribution in [3.63, 3.8) is 0 Å². The summed E-state index contributed by atoms with van der Waals surface area (Å²) >= 11 is 3.63. The lowest BCUT2D eigenvalue weighted by Gasteiger charge is -2.39. The van der Waals surface area contributed by atoms with Crippen molar-refractivity contribution in [2.24, 2.45) is 5.73 Å². The van der Waals surface area contributed by atoms with Gasteiger partial charge < -0.3 is 15.4 Å². The van der Waals surface area contributed by atoms with E-state index in [1.54, 1.807) is 7.11 Å². The van der Waals surface area contributed by atoms with Gasteiger partial charge in [0.15, 0.2) is 0 Å². The van der Waals surface area contributed by atoms with Gasteiger partial charge in [0.1, 0.15) is 5.82 Å². The Labute approximate surface area is 117 Å². The Balaban J connectivity index is 2.24. The second-order valence-corrected chi connectivity index (χ2v) is 5.52. The standard InChI is InChI=1S/C13H20BrN3O/c1-9-3-5-16-13(12(9)14)17-6-4-11(18-2)7-10(17)8-15/h3,5,10-11H,4,6-8,15H2,1-2H3. The fourth-order valence-corrected chi connectivity index (χ4v) is 2.92. The zero-order valence-electron chi connectivity index (χ0n) is 10.9. The lowest BCUT2D eigenvalue weighted by Crippen LogP contribution is -2.49. The van der Waals surface area contributed by atoms with Gasteiger partial charge in [-0.3, -0.25) is 0 Å². The summed E-state index contributed by atoms with van der Waals surface area (Å²) in [5.74, 6) is 1.00. The molecule has 1 aromatic heterocycles. The quantitative estimate of drug-likeness (QED) is 0.928. The van der Waals surface area contributed by atoms with Gasteiger partial charge in [0.25, 0.3) is 0 Å². The van der Waals surface area contributed by atoms with Crippen molar-refractivity contribution in [3.8, 4) is 0 Å². The second-order valence-electron chi connectivity index (χ2n) is 4.73. The molecule has 0 spiro atoms. The van der Waals surface area contributed by atoms with Crippen LogP contribution in [-0.4, -0.2) is 37.3 Å². The van der Waals surface area contributed by atoms with E-state index >= 15 is 0 Å². The molecular weight excluding hydrogens is 294 g/mol. The van der Waals surface area contributed by atoms with Crippen LogP contribution in [-0.2, 0) is 4.74 Å². The number of nitrogens with zero attached hydrogens (tertiary/aromatic N) is 2. The smallest absolute Gasteiger partial charge is 0.143 e. The summed E-state index contributed by atoms with van der Waals surface area (Å²) in [6, 6.07) is 2.31. The molecule has 18 heavy (non-hydrogen) atoms. The molecule has 1 aliphatic heterocycles. The van der Waals surface area contributed by atoms with Crippen molar-refractivity contribution in [3.05, 3.63) is 22.3 Å². The third kappa shape index (κ3) is 2.68. The average Bonchev–Trinajstić information content (AvgIpc) is 2.41. The van der Waals surface area contributed by atoms with Gasteiger partial charge in [0.2, 0.25) is 0 Å². The number of halogens is 1. The first kappa shape index (κ1) is 13.8. The van der Waals surface area contributed by atoms with Crippen molar-refractivity contribution in [2.75, 3.05) is 25.1 Å². The van der Waals surface area contributed by atoms with E-state index in [0.717, 1.165) is 29.7 Å². The summed E-state index contributed by atoms with van der Waals surface area (Å²) in [6.07, 6.45) is 4.16. The van der Waals surface area contributed by atoms with Crippen LogP contribution in [0.4, 0.5) is 5.82 Å². The summed E-state index contributed by atoms with van der Waals surface area (Å²) in [7, 11) is 1.77. The minimum Gasteiger partial charge on any atom is -0.381 e. The Hall–Kier alpha value is -0.650. The highest BCUT2D eigenvalue weighted by molar-refractivity contribution is 9.10. The van der Waals surface area contributed by atoms with Gasteiger partial charge in [0, 0.05) is 32.4 Å². The molecule has 1 saturated heterocycles. The van der Waals surface area contributed by atoms with Gasteiger partial charge in [-0.15, -0.1) is 0 Å². The molecule has 0 amide bonds. The molecule has 1 aromatic rings. The molecule has 2 unspecified atom stereocenters. The van der Waals surface area contributed by atoms with Crippen molar-refractivity contribution >= 4 is 21.7 Å². The van der Waals surface area contributed by atoms with Crippen LogP contribution in [0, 0.1) is 6.92 Å². The number of piperidine rings is 1. The maximum atomic E-state index is 5.90. The van der Waals surface area contributed by atoms with Crippen LogP contribution in [0.3, 0.4) is 0 Å². The molecule has 0 radical (unpaired) electrons. The molecule has 2 atom stereocenters. The monoisotopic (exact) mass is 313 g/mol. The normalized spacial score (nSPS) is 24.3. The van der Waals surface area contributed by atoms with Crippen molar-refractivity contribution in [2.45, 2.75) is 31.9 Å². The first-order valence-corrected chi connectivity index (χ1v) is 7.07. The predicted molar refractivity (Wildman–Crippen MR) is 76.9 cm³/mol. The van der Waals surface area contributed by atoms with E-state index in [-0.39, 0.29) is 0 Å². The molecule has 2 rings (SSSR count). The zero-order valence-corrected chi connectivity index (χ0v) is 12.5. The molecule has 0 aromatic carbocycles. The number of aryl methyl sites for hydroxylation is 1. The van der Waals surface area contributed by atoms with Gasteiger partial charge in [-0.2, -0.15) is 0 Å². The van der Waals surface area contributed by atoms with Crippen LogP contribution >= 0.6 is 15.9 Å². The number of aromatic nitrogens is 1. The van der Waals surface area contributed by atoms with Gasteiger partial charge >= 0.3 is 0 Å². The summed E-state index contributed by atoms with van der Waals surface area (Å²) in [5.41, 5.74) is 7.09. The maximum absolute atomic E-state index is 5.90. The number of ether oxygens (including phenoxy) is 1. The molecular formula is C13H20BrN3O. The molecule has 100 valence electrons. The Kier molecular flexibility index (Phi) is 4.59. The summed E-state index contributed by atoms with van der Waals surface area (Å²) in [5, 5.41) is 0. The molecule has 4 nitrogen and oxygen atoms in total. The van der Waals surface area contributed by atoms with Gasteiger partial charge in [0.05, 0.1) is 10.6 Å². The third-order valence-corrected chi connectivity index (χ3v) is 4.59. The Morgan fingerprint density at radius 2 is 2.39 bits per heavy atom. The van der Waals surface area contributed by atoms with E-state index in [2.05, 4.69) is 32.7 Å². The summed E-state index contributed by atoms with van der Waals surface area (Å²) in [6.45, 7) is 3.64. The fourth-order valence-electron chi connectivity index (χ4n) is 2.46. The van der Waals surface area contributed by atoms with Crippen LogP contribution in [0.2, 0.25) is 0 Å². The van der Waals surface area contributed by atoms with Gasteiger partial charge in [-0.05, 0) is 47.3 Å². The summed E-state index contributed by atoms with van der Waals surface area (Å²) in [4.78, 5) is 6.79. The van der Waals surface area contributed by atoms with Gasteiger partial charge in [-0.25, -0.2) is 4.98 Å². The van der Waals surface area contributed by atoms with E-state index < -0.39 is 0 Å². The van der Waals surface area contributed by atoms with Crippen molar-refractivity contribution in [1.29, 1.82) is 0 Å². The maximum Gasteiger partial charge on any atom is 0.143 e. The molecule has 0 saturated carbocycles. The van der Waals surface area contributed by atoms with E-state index in [0.29, 0.717) is 18.7 Å². The van der Waals surface area contributed by atoms with Crippen molar-refractivity contribution < 1.29 is 4.74 Å². The second kappa shape index (κ2) is 5.99. The highest BCUT2D eigenvalue weighted by atomic mass is 79.9. The lowest BCUT2D eigenvalue weighted by atomic mass is 9.99. The number of methoxy groups -OCH3 is 1. The minimum absolute atomic E-state index is 0.300. The Morgan fingerprint density at radius 3 is 3.06 bits per heavy atom. The van der Waals surface area contributed by atoms with Crippen LogP contribution in [0.1, 0.15) is 18.4 Å². The molecule has 0 aliphatic carbocycles. The number of nitrogens with two attached hydrogens (primary N) is 1. The first-order chi connectivity index (χ1) is 8.67. The number of anilines is 1. The largest absolute Gasteiger partial charge is 0.381 e. The highest BCUT2D eigenvalue weighted by Crippen LogP contribution is 2.31. The fraction of sp³-hybridized carbons (Fsp3) is 0.615. The number of hydrogen-bond donors (Lipinski definition) is 1. The van der Waals surface area contributed by atoms with Gasteiger partial charge in [-0.1, -0.05) is 0 Å². The molecule has 0 bridgehead atoms. The Morgan fingerprint density at radius 1 is 1.61 bits per heavy atom. The number of hydrogen-bond acceptors (Lipinski definition) is 4. The van der Waals surface area contributed by atoms with Crippen LogP contribution in [0.25, 0.3) is 0 Å². The van der Waals surface area contributed by atoms with Crippen LogP contribution in [0.15, 0.2) is 16.7 Å². The summed E-state index contributed by atoms with van der Waals surface area (Å²) < 4.78 is 6.52.